The van der Waals surface area contributed by atoms with Crippen LogP contribution in [0, 0.1) is 5.41 Å². The molecule has 9 nitrogen and oxygen atoms in total. The molecule has 0 spiro atoms. The van der Waals surface area contributed by atoms with Gasteiger partial charge in [0.15, 0.2) is 0 Å². The molecule has 7 N–H and O–H groups in total. The fourth-order valence-corrected chi connectivity index (χ4v) is 2.13. The van der Waals surface area contributed by atoms with Gasteiger partial charge in [-0.1, -0.05) is 0 Å². The number of amidine groups is 1. The van der Waals surface area contributed by atoms with Crippen LogP contribution in [0.2, 0.25) is 0 Å². The van der Waals surface area contributed by atoms with Crippen LogP contribution in [-0.4, -0.2) is 53.2 Å². The minimum absolute atomic E-state index is 0.0253. The first-order valence-electron chi connectivity index (χ1n) is 7.28. The van der Waals surface area contributed by atoms with Crippen molar-refractivity contribution in [3.63, 3.8) is 0 Å². The molecule has 2 aromatic heterocycles. The molecule has 0 aliphatic carbocycles. The molecule has 0 atom stereocenters. The topological polar surface area (TPSA) is 148 Å². The van der Waals surface area contributed by atoms with E-state index in [0.29, 0.717) is 35.7 Å². The Kier molecular flexibility index (Phi) is 4.93. The van der Waals surface area contributed by atoms with Crippen LogP contribution in [0.5, 0.6) is 0 Å². The molecule has 0 saturated heterocycles. The number of hydrogen-bond acceptors (Lipinski definition) is 4. The second kappa shape index (κ2) is 6.90. The smallest absolute Gasteiger partial charge is 0.274 e. The lowest BCUT2D eigenvalue weighted by atomic mass is 10.3. The van der Waals surface area contributed by atoms with E-state index in [2.05, 4.69) is 9.97 Å². The minimum atomic E-state index is -0.269. The van der Waals surface area contributed by atoms with Crippen molar-refractivity contribution in [2.75, 3.05) is 31.3 Å². The fraction of sp³-hybridized carbons (Fsp3) is 0.267. The van der Waals surface area contributed by atoms with E-state index in [4.69, 9.17) is 16.9 Å². The predicted octanol–water partition coefficient (Wildman–Crippen LogP) is 0.600. The molecule has 0 radical (unpaired) electrons. The van der Waals surface area contributed by atoms with Crippen molar-refractivity contribution in [2.24, 2.45) is 5.73 Å². The van der Waals surface area contributed by atoms with Crippen molar-refractivity contribution in [3.8, 4) is 0 Å². The normalized spacial score (nSPS) is 10.4. The molecule has 128 valence electrons. The highest BCUT2D eigenvalue weighted by molar-refractivity contribution is 6.05. The number of aromatic nitrogens is 2. The van der Waals surface area contributed by atoms with Gasteiger partial charge in [-0.3, -0.25) is 15.0 Å². The van der Waals surface area contributed by atoms with Crippen molar-refractivity contribution in [2.45, 2.75) is 6.42 Å². The molecular formula is C15H21N7O2. The standard InChI is InChI=1S/C15H21N7O2/c1-21(4-3-13(17)18)14(23)12-6-10(8-20-12)22(2)15(24)11-5-9(16)7-19-11/h5-8,19-20H,3-4,16H2,1-2H3,(H3,17,18). The summed E-state index contributed by atoms with van der Waals surface area (Å²) < 4.78 is 0. The molecule has 9 heteroatoms. The number of anilines is 2. The zero-order valence-corrected chi connectivity index (χ0v) is 13.6. The van der Waals surface area contributed by atoms with E-state index in [1.807, 2.05) is 0 Å². The van der Waals surface area contributed by atoms with Gasteiger partial charge in [-0.25, -0.2) is 0 Å². The molecule has 0 aliphatic rings. The fourth-order valence-electron chi connectivity index (χ4n) is 2.13. The van der Waals surface area contributed by atoms with Gasteiger partial charge < -0.3 is 31.2 Å². The molecule has 24 heavy (non-hydrogen) atoms. The van der Waals surface area contributed by atoms with Crippen LogP contribution in [0.1, 0.15) is 27.4 Å². The Morgan fingerprint density at radius 1 is 1.12 bits per heavy atom. The van der Waals surface area contributed by atoms with Crippen molar-refractivity contribution >= 4 is 29.0 Å². The van der Waals surface area contributed by atoms with Crippen LogP contribution in [0.4, 0.5) is 11.4 Å². The molecule has 0 fully saturated rings. The third kappa shape index (κ3) is 3.75. The van der Waals surface area contributed by atoms with Gasteiger partial charge in [-0.05, 0) is 12.1 Å². The van der Waals surface area contributed by atoms with E-state index in [0.717, 1.165) is 0 Å². The Morgan fingerprint density at radius 3 is 2.33 bits per heavy atom. The van der Waals surface area contributed by atoms with Gasteiger partial charge in [-0.15, -0.1) is 0 Å². The number of rotatable bonds is 6. The lowest BCUT2D eigenvalue weighted by Gasteiger charge is -2.16. The molecule has 0 aliphatic heterocycles. The van der Waals surface area contributed by atoms with E-state index in [1.165, 1.54) is 16.0 Å². The highest BCUT2D eigenvalue weighted by Crippen LogP contribution is 2.18. The molecule has 0 unspecified atom stereocenters. The van der Waals surface area contributed by atoms with Gasteiger partial charge in [0.2, 0.25) is 0 Å². The van der Waals surface area contributed by atoms with Gasteiger partial charge in [-0.2, -0.15) is 0 Å². The van der Waals surface area contributed by atoms with Crippen molar-refractivity contribution in [1.29, 1.82) is 5.41 Å². The molecule has 2 aromatic rings. The van der Waals surface area contributed by atoms with Gasteiger partial charge in [0.1, 0.15) is 11.4 Å². The maximum atomic E-state index is 12.3. The molecule has 2 heterocycles. The monoisotopic (exact) mass is 331 g/mol. The van der Waals surface area contributed by atoms with Crippen molar-refractivity contribution < 1.29 is 9.59 Å². The van der Waals surface area contributed by atoms with E-state index < -0.39 is 0 Å². The summed E-state index contributed by atoms with van der Waals surface area (Å²) in [5.74, 6) is -0.487. The number of H-pyrrole nitrogens is 2. The number of carbonyl (C=O) groups excluding carboxylic acids is 2. The van der Waals surface area contributed by atoms with Gasteiger partial charge in [0, 0.05) is 45.1 Å². The van der Waals surface area contributed by atoms with Crippen LogP contribution in [-0.2, 0) is 0 Å². The molecule has 2 amide bonds. The Hall–Kier alpha value is -3.23. The SMILES string of the molecule is CN(CCC(=N)N)C(=O)c1cc(N(C)C(=O)c2cc(N)c[nH]2)c[nH]1. The zero-order valence-electron chi connectivity index (χ0n) is 13.6. The average Bonchev–Trinajstić information content (AvgIpc) is 3.19. The summed E-state index contributed by atoms with van der Waals surface area (Å²) in [7, 11) is 3.23. The lowest BCUT2D eigenvalue weighted by Crippen LogP contribution is -2.30. The Balaban J connectivity index is 2.07. The van der Waals surface area contributed by atoms with Crippen LogP contribution >= 0.6 is 0 Å². The number of carbonyl (C=O) groups is 2. The zero-order chi connectivity index (χ0) is 17.9. The van der Waals surface area contributed by atoms with Gasteiger partial charge in [0.25, 0.3) is 11.8 Å². The third-order valence-electron chi connectivity index (χ3n) is 3.59. The molecule has 2 rings (SSSR count). The lowest BCUT2D eigenvalue weighted by molar-refractivity contribution is 0.0793. The second-order valence-electron chi connectivity index (χ2n) is 5.48. The second-order valence-corrected chi connectivity index (χ2v) is 5.48. The number of aromatic amines is 2. The molecule has 0 saturated carbocycles. The summed E-state index contributed by atoms with van der Waals surface area (Å²) in [5.41, 5.74) is 12.6. The van der Waals surface area contributed by atoms with Crippen LogP contribution in [0.15, 0.2) is 24.5 Å². The largest absolute Gasteiger partial charge is 0.397 e. The maximum absolute atomic E-state index is 12.3. The first-order chi connectivity index (χ1) is 11.3. The molecule has 0 aromatic carbocycles. The summed E-state index contributed by atoms with van der Waals surface area (Å²) in [5, 5.41) is 7.20. The van der Waals surface area contributed by atoms with Gasteiger partial charge in [0.05, 0.1) is 11.5 Å². The minimum Gasteiger partial charge on any atom is -0.397 e. The summed E-state index contributed by atoms with van der Waals surface area (Å²) in [6.07, 6.45) is 3.43. The van der Waals surface area contributed by atoms with E-state index in [1.54, 1.807) is 32.4 Å². The number of nitrogens with one attached hydrogen (secondary N) is 3. The van der Waals surface area contributed by atoms with Crippen LogP contribution in [0.25, 0.3) is 0 Å². The number of nitrogens with zero attached hydrogens (tertiary/aromatic N) is 2. The van der Waals surface area contributed by atoms with Crippen LogP contribution < -0.4 is 16.4 Å². The first-order valence-corrected chi connectivity index (χ1v) is 7.28. The molecular weight excluding hydrogens is 310 g/mol. The number of amides is 2. The number of nitrogens with two attached hydrogens (primary N) is 2. The maximum Gasteiger partial charge on any atom is 0.274 e. The highest BCUT2D eigenvalue weighted by atomic mass is 16.2. The van der Waals surface area contributed by atoms with E-state index in [-0.39, 0.29) is 17.6 Å². The number of nitrogen functional groups attached to an aromatic ring is 1. The average molecular weight is 331 g/mol. The highest BCUT2D eigenvalue weighted by Gasteiger charge is 2.19. The Labute approximate surface area is 139 Å². The quantitative estimate of drug-likeness (QED) is 0.389. The predicted molar refractivity (Wildman–Crippen MR) is 92.2 cm³/mol. The summed E-state index contributed by atoms with van der Waals surface area (Å²) in [6, 6.07) is 3.14. The Bertz CT molecular complexity index is 761. The Morgan fingerprint density at radius 2 is 1.75 bits per heavy atom. The summed E-state index contributed by atoms with van der Waals surface area (Å²) >= 11 is 0. The van der Waals surface area contributed by atoms with Crippen molar-refractivity contribution in [3.05, 3.63) is 35.9 Å². The molecule has 0 bridgehead atoms. The van der Waals surface area contributed by atoms with E-state index in [9.17, 15) is 9.59 Å². The van der Waals surface area contributed by atoms with Crippen LogP contribution in [0.3, 0.4) is 0 Å². The van der Waals surface area contributed by atoms with Gasteiger partial charge >= 0.3 is 0 Å². The third-order valence-corrected chi connectivity index (χ3v) is 3.59. The van der Waals surface area contributed by atoms with Crippen molar-refractivity contribution in [1.82, 2.24) is 14.9 Å². The first kappa shape index (κ1) is 17.1. The number of hydrogen-bond donors (Lipinski definition) is 5. The summed E-state index contributed by atoms with van der Waals surface area (Å²) in [4.78, 5) is 33.2. The van der Waals surface area contributed by atoms with E-state index >= 15 is 0 Å². The summed E-state index contributed by atoms with van der Waals surface area (Å²) in [6.45, 7) is 0.346.